The number of rotatable bonds is 13. The SMILES string of the molecule is CC(=O)CCO.CC(=O)CCOC(=O)c1ccccc1.CC(F)(F)CCO.CC(F)(F)CCOC(=O)c1ccccc1.O=C(Cl)c1ccccc1. The monoisotopic (exact) mass is 744 g/mol. The first kappa shape index (κ1) is 48.7. The fourth-order valence-corrected chi connectivity index (χ4v) is 2.97. The van der Waals surface area contributed by atoms with Crippen molar-refractivity contribution in [3.63, 3.8) is 0 Å². The van der Waals surface area contributed by atoms with E-state index in [1.807, 2.05) is 12.1 Å². The zero-order valence-electron chi connectivity index (χ0n) is 29.0. The molecular weight excluding hydrogens is 700 g/mol. The van der Waals surface area contributed by atoms with Crippen LogP contribution in [0.5, 0.6) is 0 Å². The Hall–Kier alpha value is -4.46. The molecule has 0 bridgehead atoms. The third kappa shape index (κ3) is 32.5. The second-order valence-electron chi connectivity index (χ2n) is 10.6. The standard InChI is InChI=1S/C11H12F2O2.C11H12O3.C7H5ClO.C4H8F2O.C4H8O2/c1-11(12,13)7-8-15-10(14)9-5-3-2-4-6-9;1-9(12)7-8-14-11(13)10-5-3-2-4-6-10;8-7(9)6-4-2-1-3-5-6;1-4(5,6)2-3-7;1-4(6)2-3-5/h2-6H,7-8H2,1H3;2-6H,7-8H2,1H3;1-5H;7H,2-3H2,1H3;5H,2-3H2,1H3. The summed E-state index contributed by atoms with van der Waals surface area (Å²) in [5.41, 5.74) is 1.42. The van der Waals surface area contributed by atoms with Gasteiger partial charge in [0.1, 0.15) is 11.6 Å². The minimum atomic E-state index is -2.79. The summed E-state index contributed by atoms with van der Waals surface area (Å²) in [6, 6.07) is 25.7. The average Bonchev–Trinajstić information content (AvgIpc) is 3.06. The quantitative estimate of drug-likeness (QED) is 0.102. The average molecular weight is 745 g/mol. The summed E-state index contributed by atoms with van der Waals surface area (Å²) < 4.78 is 57.5. The summed E-state index contributed by atoms with van der Waals surface area (Å²) in [7, 11) is 0. The second-order valence-corrected chi connectivity index (χ2v) is 11.0. The maximum Gasteiger partial charge on any atom is 0.338 e. The molecule has 51 heavy (non-hydrogen) atoms. The molecule has 0 aromatic heterocycles. The first-order valence-electron chi connectivity index (χ1n) is 15.5. The molecule has 0 saturated heterocycles. The van der Waals surface area contributed by atoms with E-state index in [9.17, 15) is 41.5 Å². The van der Waals surface area contributed by atoms with Crippen LogP contribution in [-0.4, -0.2) is 77.2 Å². The lowest BCUT2D eigenvalue weighted by Gasteiger charge is -2.09. The van der Waals surface area contributed by atoms with E-state index in [-0.39, 0.29) is 43.8 Å². The van der Waals surface area contributed by atoms with E-state index in [0.29, 0.717) is 23.1 Å². The van der Waals surface area contributed by atoms with Gasteiger partial charge in [-0.1, -0.05) is 66.7 Å². The van der Waals surface area contributed by atoms with E-state index in [4.69, 9.17) is 26.6 Å². The van der Waals surface area contributed by atoms with Crippen molar-refractivity contribution in [3.8, 4) is 0 Å². The molecule has 0 heterocycles. The summed E-state index contributed by atoms with van der Waals surface area (Å²) in [6.07, 6.45) is -0.322. The lowest BCUT2D eigenvalue weighted by molar-refractivity contribution is -0.118. The Balaban J connectivity index is 0. The lowest BCUT2D eigenvalue weighted by atomic mass is 10.2. The molecule has 3 rings (SSSR count). The van der Waals surface area contributed by atoms with E-state index in [1.165, 1.54) is 13.8 Å². The van der Waals surface area contributed by atoms with Crippen LogP contribution in [0.2, 0.25) is 0 Å². The van der Waals surface area contributed by atoms with Crippen LogP contribution in [0.15, 0.2) is 91.0 Å². The number of alkyl halides is 4. The Morgan fingerprint density at radius 3 is 1.16 bits per heavy atom. The Bertz CT molecular complexity index is 1400. The highest BCUT2D eigenvalue weighted by Crippen LogP contribution is 2.16. The van der Waals surface area contributed by atoms with Gasteiger partial charge >= 0.3 is 11.9 Å². The van der Waals surface area contributed by atoms with Crippen molar-refractivity contribution in [3.05, 3.63) is 108 Å². The van der Waals surface area contributed by atoms with Crippen molar-refractivity contribution in [2.24, 2.45) is 0 Å². The highest BCUT2D eigenvalue weighted by molar-refractivity contribution is 6.67. The van der Waals surface area contributed by atoms with E-state index in [0.717, 1.165) is 13.8 Å². The molecule has 3 aromatic rings. The molecule has 0 fully saturated rings. The Morgan fingerprint density at radius 1 is 0.569 bits per heavy atom. The largest absolute Gasteiger partial charge is 0.462 e. The number of esters is 2. The number of benzene rings is 3. The van der Waals surface area contributed by atoms with E-state index < -0.39 is 42.5 Å². The van der Waals surface area contributed by atoms with Gasteiger partial charge in [0.05, 0.1) is 24.3 Å². The van der Waals surface area contributed by atoms with Crippen LogP contribution >= 0.6 is 11.6 Å². The van der Waals surface area contributed by atoms with E-state index >= 15 is 0 Å². The molecule has 0 aliphatic carbocycles. The van der Waals surface area contributed by atoms with Crippen LogP contribution in [0.4, 0.5) is 17.6 Å². The van der Waals surface area contributed by atoms with E-state index in [1.54, 1.807) is 78.9 Å². The third-order valence-corrected chi connectivity index (χ3v) is 5.71. The van der Waals surface area contributed by atoms with Crippen molar-refractivity contribution in [1.82, 2.24) is 0 Å². The number of halogens is 5. The highest BCUT2D eigenvalue weighted by atomic mass is 35.5. The number of carbonyl (C=O) groups excluding carboxylic acids is 5. The lowest BCUT2D eigenvalue weighted by Crippen LogP contribution is -2.15. The summed E-state index contributed by atoms with van der Waals surface area (Å²) in [4.78, 5) is 53.4. The van der Waals surface area contributed by atoms with Crippen LogP contribution in [0, 0.1) is 0 Å². The number of aliphatic hydroxyl groups is 2. The third-order valence-electron chi connectivity index (χ3n) is 5.50. The van der Waals surface area contributed by atoms with Gasteiger partial charge in [-0.2, -0.15) is 0 Å². The Morgan fingerprint density at radius 2 is 0.922 bits per heavy atom. The molecule has 0 saturated carbocycles. The number of ketones is 2. The molecule has 0 aliphatic heterocycles. The second kappa shape index (κ2) is 28.3. The fraction of sp³-hybridized carbons (Fsp3) is 0.378. The first-order valence-corrected chi connectivity index (χ1v) is 15.9. The van der Waals surface area contributed by atoms with Crippen molar-refractivity contribution in [2.45, 2.75) is 65.2 Å². The van der Waals surface area contributed by atoms with Gasteiger partial charge in [-0.05, 0) is 63.6 Å². The maximum absolute atomic E-state index is 12.4. The topological polar surface area (TPSA) is 144 Å². The number of Topliss-reactive ketones (excluding diaryl/α,β-unsaturated/α-hetero) is 2. The van der Waals surface area contributed by atoms with Crippen molar-refractivity contribution >= 4 is 40.3 Å². The number of hydrogen-bond donors (Lipinski definition) is 2. The van der Waals surface area contributed by atoms with E-state index in [2.05, 4.69) is 4.74 Å². The summed E-state index contributed by atoms with van der Waals surface area (Å²) in [5, 5.41) is 15.5. The molecule has 3 aromatic carbocycles. The molecule has 9 nitrogen and oxygen atoms in total. The van der Waals surface area contributed by atoms with Crippen LogP contribution < -0.4 is 0 Å². The van der Waals surface area contributed by atoms with Crippen LogP contribution in [0.3, 0.4) is 0 Å². The molecule has 0 radical (unpaired) electrons. The van der Waals surface area contributed by atoms with Crippen molar-refractivity contribution < 1.29 is 61.2 Å². The van der Waals surface area contributed by atoms with Gasteiger partial charge in [-0.3, -0.25) is 14.4 Å². The first-order chi connectivity index (χ1) is 23.8. The Labute approximate surface area is 300 Å². The van der Waals surface area contributed by atoms with Crippen LogP contribution in [0.1, 0.15) is 84.5 Å². The Kier molecular flexibility index (Phi) is 27.0. The van der Waals surface area contributed by atoms with Gasteiger partial charge in [0.15, 0.2) is 0 Å². The minimum absolute atomic E-state index is 0.0185. The van der Waals surface area contributed by atoms with Gasteiger partial charge in [0, 0.05) is 44.5 Å². The molecule has 2 N–H and O–H groups in total. The number of aliphatic hydroxyl groups excluding tert-OH is 2. The molecular formula is C37H45ClF4O9. The van der Waals surface area contributed by atoms with Crippen molar-refractivity contribution in [1.29, 1.82) is 0 Å². The van der Waals surface area contributed by atoms with Gasteiger partial charge < -0.3 is 19.7 Å². The molecule has 0 aliphatic rings. The maximum atomic E-state index is 12.4. The molecule has 0 spiro atoms. The summed E-state index contributed by atoms with van der Waals surface area (Å²) in [5.74, 6) is -6.39. The van der Waals surface area contributed by atoms with Crippen LogP contribution in [0.25, 0.3) is 0 Å². The molecule has 0 unspecified atom stereocenters. The zero-order valence-corrected chi connectivity index (χ0v) is 29.7. The summed E-state index contributed by atoms with van der Waals surface area (Å²) >= 11 is 5.16. The fourth-order valence-electron chi connectivity index (χ4n) is 2.85. The van der Waals surface area contributed by atoms with Gasteiger partial charge in [0.2, 0.25) is 11.8 Å². The molecule has 282 valence electrons. The van der Waals surface area contributed by atoms with Gasteiger partial charge in [-0.15, -0.1) is 0 Å². The van der Waals surface area contributed by atoms with Gasteiger partial charge in [0.25, 0.3) is 5.24 Å². The smallest absolute Gasteiger partial charge is 0.338 e. The van der Waals surface area contributed by atoms with Crippen molar-refractivity contribution in [2.75, 3.05) is 26.4 Å². The van der Waals surface area contributed by atoms with Gasteiger partial charge in [-0.25, -0.2) is 27.2 Å². The van der Waals surface area contributed by atoms with Crippen LogP contribution in [-0.2, 0) is 19.1 Å². The normalized spacial score (nSPS) is 10.1. The minimum Gasteiger partial charge on any atom is -0.462 e. The zero-order chi connectivity index (χ0) is 39.3. The highest BCUT2D eigenvalue weighted by Gasteiger charge is 2.21. The summed E-state index contributed by atoms with van der Waals surface area (Å²) in [6.45, 7) is 3.93. The number of ether oxygens (including phenoxy) is 2. The predicted molar refractivity (Wildman–Crippen MR) is 185 cm³/mol. The molecule has 0 amide bonds. The number of carbonyl (C=O) groups is 5. The predicted octanol–water partition coefficient (Wildman–Crippen LogP) is 7.76. The number of hydrogen-bond acceptors (Lipinski definition) is 9. The molecule has 14 heteroatoms. The molecule has 0 atom stereocenters.